The first kappa shape index (κ1) is 25.6. The van der Waals surface area contributed by atoms with Crippen molar-refractivity contribution in [2.24, 2.45) is 0 Å². The van der Waals surface area contributed by atoms with Crippen LogP contribution in [0.5, 0.6) is 11.5 Å². The Kier molecular flexibility index (Phi) is 10.4. The normalized spacial score (nSPS) is 10.4. The predicted octanol–water partition coefficient (Wildman–Crippen LogP) is 4.47. The smallest absolute Gasteiger partial charge is 0.276 e. The third-order valence-electron chi connectivity index (χ3n) is 4.39. The number of ether oxygens (including phenoxy) is 2. The van der Waals surface area contributed by atoms with Gasteiger partial charge in [-0.2, -0.15) is 0 Å². The molecule has 0 aliphatic heterocycles. The fourth-order valence-corrected chi connectivity index (χ4v) is 3.22. The van der Waals surface area contributed by atoms with E-state index in [9.17, 15) is 9.59 Å². The lowest BCUT2D eigenvalue weighted by atomic mass is 10.0. The number of halogens is 1. The van der Waals surface area contributed by atoms with Gasteiger partial charge >= 0.3 is 0 Å². The summed E-state index contributed by atoms with van der Waals surface area (Å²) in [6, 6.07) is 12.5. The van der Waals surface area contributed by atoms with Gasteiger partial charge in [-0.3, -0.25) is 25.8 Å². The molecule has 0 atom stereocenters. The van der Waals surface area contributed by atoms with Crippen molar-refractivity contribution in [3.05, 3.63) is 58.1 Å². The van der Waals surface area contributed by atoms with Gasteiger partial charge < -0.3 is 9.47 Å². The molecular weight excluding hydrogens is 494 g/mol. The van der Waals surface area contributed by atoms with Crippen molar-refractivity contribution in [2.45, 2.75) is 39.5 Å². The maximum absolute atomic E-state index is 12.4. The first-order chi connectivity index (χ1) is 15.3. The number of carbonyl (C=O) groups is 2. The Hall–Kier alpha value is -2.65. The zero-order chi connectivity index (χ0) is 23.5. The number of unbranched alkanes of at least 4 members (excludes halogenated alkanes) is 1. The molecule has 0 heterocycles. The number of hydrogen-bond donors (Lipinski definition) is 3. The van der Waals surface area contributed by atoms with E-state index in [1.165, 1.54) is 0 Å². The van der Waals surface area contributed by atoms with E-state index in [2.05, 4.69) is 52.9 Å². The monoisotopic (exact) mass is 521 g/mol. The van der Waals surface area contributed by atoms with Crippen molar-refractivity contribution in [2.75, 3.05) is 13.2 Å². The number of benzene rings is 2. The van der Waals surface area contributed by atoms with Crippen LogP contribution in [0, 0.1) is 0 Å². The third-order valence-corrected chi connectivity index (χ3v) is 5.21. The van der Waals surface area contributed by atoms with Gasteiger partial charge in [0.1, 0.15) is 11.5 Å². The van der Waals surface area contributed by atoms with Crippen LogP contribution >= 0.6 is 28.1 Å². The standard InChI is InChI=1S/C23H28BrN3O4S/c1-4-5-11-30-18-8-6-7-17(12-18)22(29)25-23(32)27-26-21(28)14-31-20-10-9-16(15(2)3)13-19(20)24/h6-10,12-13,15H,4-5,11,14H2,1-3H3,(H,26,28)(H2,25,27,29,32). The molecule has 0 fully saturated rings. The molecule has 2 rings (SSSR count). The topological polar surface area (TPSA) is 88.7 Å². The summed E-state index contributed by atoms with van der Waals surface area (Å²) in [5.74, 6) is 0.695. The van der Waals surface area contributed by atoms with Crippen LogP contribution in [0.2, 0.25) is 0 Å². The Bertz CT molecular complexity index is 953. The predicted molar refractivity (Wildman–Crippen MR) is 132 cm³/mol. The molecule has 2 aromatic carbocycles. The van der Waals surface area contributed by atoms with E-state index in [0.29, 0.717) is 29.6 Å². The van der Waals surface area contributed by atoms with Gasteiger partial charge in [0.15, 0.2) is 11.7 Å². The number of amides is 2. The summed E-state index contributed by atoms with van der Waals surface area (Å²) in [4.78, 5) is 24.4. The van der Waals surface area contributed by atoms with Gasteiger partial charge in [-0.05, 0) is 76.4 Å². The second kappa shape index (κ2) is 13.0. The van der Waals surface area contributed by atoms with Crippen molar-refractivity contribution in [1.29, 1.82) is 0 Å². The van der Waals surface area contributed by atoms with E-state index in [1.54, 1.807) is 24.3 Å². The Morgan fingerprint density at radius 1 is 1.09 bits per heavy atom. The Morgan fingerprint density at radius 2 is 1.88 bits per heavy atom. The molecule has 0 aromatic heterocycles. The van der Waals surface area contributed by atoms with E-state index in [4.69, 9.17) is 21.7 Å². The highest BCUT2D eigenvalue weighted by molar-refractivity contribution is 9.10. The molecule has 32 heavy (non-hydrogen) atoms. The first-order valence-corrected chi connectivity index (χ1v) is 11.6. The van der Waals surface area contributed by atoms with Gasteiger partial charge in [-0.25, -0.2) is 0 Å². The summed E-state index contributed by atoms with van der Waals surface area (Å²) in [7, 11) is 0. The molecule has 172 valence electrons. The minimum atomic E-state index is -0.451. The fourth-order valence-electron chi connectivity index (χ4n) is 2.57. The van der Waals surface area contributed by atoms with Crippen LogP contribution < -0.4 is 25.6 Å². The van der Waals surface area contributed by atoms with Crippen LogP contribution in [0.25, 0.3) is 0 Å². The second-order valence-corrected chi connectivity index (χ2v) is 8.58. The molecule has 0 unspecified atom stereocenters. The molecule has 0 saturated carbocycles. The molecular formula is C23H28BrN3O4S. The van der Waals surface area contributed by atoms with Gasteiger partial charge in [-0.1, -0.05) is 39.3 Å². The molecule has 0 saturated heterocycles. The Labute approximate surface area is 202 Å². The number of hydrogen-bond acceptors (Lipinski definition) is 5. The molecule has 0 bridgehead atoms. The van der Waals surface area contributed by atoms with Gasteiger partial charge in [0.05, 0.1) is 11.1 Å². The van der Waals surface area contributed by atoms with E-state index in [1.807, 2.05) is 18.2 Å². The second-order valence-electron chi connectivity index (χ2n) is 7.32. The van der Waals surface area contributed by atoms with Crippen LogP contribution in [0.4, 0.5) is 0 Å². The molecule has 9 heteroatoms. The van der Waals surface area contributed by atoms with Crippen molar-refractivity contribution in [1.82, 2.24) is 16.2 Å². The minimum Gasteiger partial charge on any atom is -0.494 e. The zero-order valence-corrected chi connectivity index (χ0v) is 20.8. The summed E-state index contributed by atoms with van der Waals surface area (Å²) in [6.07, 6.45) is 1.96. The summed E-state index contributed by atoms with van der Waals surface area (Å²) in [5, 5.41) is 2.47. The van der Waals surface area contributed by atoms with Crippen LogP contribution in [0.15, 0.2) is 46.9 Å². The molecule has 7 nitrogen and oxygen atoms in total. The summed E-state index contributed by atoms with van der Waals surface area (Å²) < 4.78 is 11.9. The van der Waals surface area contributed by atoms with Crippen molar-refractivity contribution in [3.63, 3.8) is 0 Å². The number of thiocarbonyl (C=S) groups is 1. The molecule has 2 amide bonds. The average Bonchev–Trinajstić information content (AvgIpc) is 2.77. The summed E-state index contributed by atoms with van der Waals surface area (Å²) >= 11 is 8.52. The molecule has 0 aliphatic carbocycles. The third kappa shape index (κ3) is 8.47. The lowest BCUT2D eigenvalue weighted by molar-refractivity contribution is -0.123. The van der Waals surface area contributed by atoms with Crippen LogP contribution in [-0.2, 0) is 4.79 Å². The lowest BCUT2D eigenvalue weighted by Crippen LogP contribution is -2.49. The van der Waals surface area contributed by atoms with Crippen LogP contribution in [-0.4, -0.2) is 30.1 Å². The molecule has 2 aromatic rings. The van der Waals surface area contributed by atoms with E-state index in [-0.39, 0.29) is 11.7 Å². The largest absolute Gasteiger partial charge is 0.494 e. The van der Waals surface area contributed by atoms with E-state index < -0.39 is 11.8 Å². The number of carbonyl (C=O) groups excluding carboxylic acids is 2. The number of nitrogens with one attached hydrogen (secondary N) is 3. The van der Waals surface area contributed by atoms with Crippen LogP contribution in [0.1, 0.15) is 55.5 Å². The molecule has 0 radical (unpaired) electrons. The maximum Gasteiger partial charge on any atom is 0.276 e. The molecule has 0 spiro atoms. The highest BCUT2D eigenvalue weighted by atomic mass is 79.9. The van der Waals surface area contributed by atoms with E-state index in [0.717, 1.165) is 22.9 Å². The van der Waals surface area contributed by atoms with Gasteiger partial charge in [0.2, 0.25) is 0 Å². The summed E-state index contributed by atoms with van der Waals surface area (Å²) in [5.41, 5.74) is 6.44. The highest BCUT2D eigenvalue weighted by Crippen LogP contribution is 2.28. The lowest BCUT2D eigenvalue weighted by Gasteiger charge is -2.13. The SMILES string of the molecule is CCCCOc1cccc(C(=O)NC(=S)NNC(=O)COc2ccc(C(C)C)cc2Br)c1. The van der Waals surface area contributed by atoms with Gasteiger partial charge in [0, 0.05) is 5.56 Å². The maximum atomic E-state index is 12.4. The van der Waals surface area contributed by atoms with Crippen molar-refractivity contribution >= 4 is 45.1 Å². The molecule has 0 aliphatic rings. The first-order valence-electron chi connectivity index (χ1n) is 10.4. The highest BCUT2D eigenvalue weighted by Gasteiger charge is 2.11. The van der Waals surface area contributed by atoms with E-state index >= 15 is 0 Å². The molecule has 3 N–H and O–H groups in total. The Morgan fingerprint density at radius 3 is 2.56 bits per heavy atom. The fraction of sp³-hybridized carbons (Fsp3) is 0.348. The van der Waals surface area contributed by atoms with Gasteiger partial charge in [0.25, 0.3) is 11.8 Å². The zero-order valence-electron chi connectivity index (χ0n) is 18.4. The van der Waals surface area contributed by atoms with Crippen molar-refractivity contribution < 1.29 is 19.1 Å². The van der Waals surface area contributed by atoms with Gasteiger partial charge in [-0.15, -0.1) is 0 Å². The summed E-state index contributed by atoms with van der Waals surface area (Å²) in [6.45, 7) is 6.64. The average molecular weight is 522 g/mol. The van der Waals surface area contributed by atoms with Crippen LogP contribution in [0.3, 0.4) is 0 Å². The number of rotatable bonds is 9. The minimum absolute atomic E-state index is 0.0388. The Balaban J connectivity index is 1.77. The quantitative estimate of drug-likeness (QED) is 0.256. The van der Waals surface area contributed by atoms with Crippen molar-refractivity contribution in [3.8, 4) is 11.5 Å². The number of hydrazine groups is 1.